The summed E-state index contributed by atoms with van der Waals surface area (Å²) in [5, 5.41) is 0. The molecule has 0 aliphatic heterocycles. The first-order valence-corrected chi connectivity index (χ1v) is 5.12. The quantitative estimate of drug-likeness (QED) is 0.387. The molecule has 80 valence electrons. The number of hydrogen-bond donors (Lipinski definition) is 0. The van der Waals surface area contributed by atoms with E-state index in [1.807, 2.05) is 30.3 Å². The van der Waals surface area contributed by atoms with Crippen molar-refractivity contribution in [2.24, 2.45) is 5.41 Å². The zero-order chi connectivity index (χ0) is 11.0. The van der Waals surface area contributed by atoms with Crippen LogP contribution in [0.15, 0.2) is 30.3 Å². The first kappa shape index (κ1) is 21.7. The van der Waals surface area contributed by atoms with Crippen molar-refractivity contribution in [1.82, 2.24) is 0 Å². The van der Waals surface area contributed by atoms with Crippen LogP contribution in [0.25, 0.3) is 0 Å². The van der Waals surface area contributed by atoms with Crippen molar-refractivity contribution in [1.29, 1.82) is 0 Å². The standard InChI is InChI=1S/C8H17.C6H5.2Li/c1-7(2)6-8(3,4)5;1-2-4-6-5-3-1;;/h6H2,1-5H3;1-5H;;/q2*-1;2*+1. The Balaban J connectivity index is -0.000000192. The average molecular weight is 204 g/mol. The minimum atomic E-state index is 0. The molecule has 0 bridgehead atoms. The van der Waals surface area contributed by atoms with E-state index < -0.39 is 0 Å². The average Bonchev–Trinajstić information content (AvgIpc) is 2.03. The predicted molar refractivity (Wildman–Crippen MR) is 63.9 cm³/mol. The second kappa shape index (κ2) is 11.9. The third-order valence-corrected chi connectivity index (χ3v) is 1.49. The van der Waals surface area contributed by atoms with Gasteiger partial charge in [0.25, 0.3) is 0 Å². The molecule has 1 aromatic rings. The fourth-order valence-electron chi connectivity index (χ4n) is 1.40. The second-order valence-corrected chi connectivity index (χ2v) is 5.02. The van der Waals surface area contributed by atoms with Crippen LogP contribution in [0.2, 0.25) is 0 Å². The smallest absolute Gasteiger partial charge is 0.319 e. The fourth-order valence-corrected chi connectivity index (χ4v) is 1.40. The molecule has 0 N–H and O–H groups in total. The Labute approximate surface area is 126 Å². The molecule has 0 spiro atoms. The van der Waals surface area contributed by atoms with Crippen LogP contribution < -0.4 is 37.7 Å². The van der Waals surface area contributed by atoms with Gasteiger partial charge in [0.2, 0.25) is 0 Å². The summed E-state index contributed by atoms with van der Waals surface area (Å²) in [4.78, 5) is 0. The van der Waals surface area contributed by atoms with Gasteiger partial charge < -0.3 is 5.92 Å². The van der Waals surface area contributed by atoms with Gasteiger partial charge in [0.1, 0.15) is 0 Å². The Morgan fingerprint density at radius 2 is 1.38 bits per heavy atom. The van der Waals surface area contributed by atoms with Gasteiger partial charge in [-0.25, -0.2) is 0 Å². The molecular weight excluding hydrogens is 182 g/mol. The molecule has 2 heteroatoms. The van der Waals surface area contributed by atoms with Crippen LogP contribution in [0.1, 0.15) is 41.0 Å². The third-order valence-electron chi connectivity index (χ3n) is 1.49. The fraction of sp³-hybridized carbons (Fsp3) is 0.500. The zero-order valence-corrected chi connectivity index (χ0v) is 12.1. The zero-order valence-electron chi connectivity index (χ0n) is 12.1. The molecule has 0 aliphatic rings. The summed E-state index contributed by atoms with van der Waals surface area (Å²) in [7, 11) is 0. The van der Waals surface area contributed by atoms with Crippen molar-refractivity contribution in [2.75, 3.05) is 0 Å². The van der Waals surface area contributed by atoms with Gasteiger partial charge in [0, 0.05) is 0 Å². The summed E-state index contributed by atoms with van der Waals surface area (Å²) in [6.07, 6.45) is 1.24. The van der Waals surface area contributed by atoms with Gasteiger partial charge >= 0.3 is 37.7 Å². The van der Waals surface area contributed by atoms with Gasteiger partial charge in [-0.15, -0.1) is 0 Å². The van der Waals surface area contributed by atoms with E-state index in [0.717, 1.165) is 0 Å². The summed E-state index contributed by atoms with van der Waals surface area (Å²) in [5.74, 6) is 1.53. The van der Waals surface area contributed by atoms with Gasteiger partial charge in [-0.2, -0.15) is 56.7 Å². The maximum atomic E-state index is 2.89. The Morgan fingerprint density at radius 1 is 0.938 bits per heavy atom. The van der Waals surface area contributed by atoms with Gasteiger partial charge in [-0.3, -0.25) is 0 Å². The topological polar surface area (TPSA) is 0 Å². The van der Waals surface area contributed by atoms with Crippen LogP contribution in [0.3, 0.4) is 0 Å². The van der Waals surface area contributed by atoms with E-state index in [-0.39, 0.29) is 37.7 Å². The van der Waals surface area contributed by atoms with Crippen LogP contribution in [0, 0.1) is 17.4 Å². The van der Waals surface area contributed by atoms with Crippen molar-refractivity contribution in [2.45, 2.75) is 41.0 Å². The Hall–Kier alpha value is 0.415. The van der Waals surface area contributed by atoms with Gasteiger partial charge in [0.05, 0.1) is 0 Å². The SMILES string of the molecule is C[C-](C)CC(C)(C)C.[Li+].[Li+].[c-]1ccccc1. The summed E-state index contributed by atoms with van der Waals surface area (Å²) >= 11 is 0. The van der Waals surface area contributed by atoms with Crippen molar-refractivity contribution in [3.8, 4) is 0 Å². The van der Waals surface area contributed by atoms with Gasteiger partial charge in [-0.1, -0.05) is 26.2 Å². The molecule has 0 saturated heterocycles. The van der Waals surface area contributed by atoms with E-state index >= 15 is 0 Å². The van der Waals surface area contributed by atoms with Crippen molar-refractivity contribution in [3.63, 3.8) is 0 Å². The molecule has 0 aliphatic carbocycles. The predicted octanol–water partition coefficient (Wildman–Crippen LogP) is -1.47. The van der Waals surface area contributed by atoms with Crippen LogP contribution in [0.5, 0.6) is 0 Å². The van der Waals surface area contributed by atoms with E-state index in [0.29, 0.717) is 5.41 Å². The maximum absolute atomic E-state index is 2.89. The molecular formula is C14H22Li2. The van der Waals surface area contributed by atoms with Crippen LogP contribution >= 0.6 is 0 Å². The summed E-state index contributed by atoms with van der Waals surface area (Å²) < 4.78 is 0. The van der Waals surface area contributed by atoms with E-state index in [2.05, 4.69) is 40.7 Å². The van der Waals surface area contributed by atoms with E-state index in [1.54, 1.807) is 0 Å². The summed E-state index contributed by atoms with van der Waals surface area (Å²) in [6.45, 7) is 11.2. The van der Waals surface area contributed by atoms with Crippen LogP contribution in [-0.4, -0.2) is 0 Å². The minimum Gasteiger partial charge on any atom is -0.319 e. The molecule has 1 rings (SSSR count). The van der Waals surface area contributed by atoms with E-state index in [4.69, 9.17) is 0 Å². The van der Waals surface area contributed by atoms with Crippen LogP contribution in [-0.2, 0) is 0 Å². The first-order chi connectivity index (χ1) is 6.42. The molecule has 0 aromatic heterocycles. The Bertz CT molecular complexity index is 185. The monoisotopic (exact) mass is 204 g/mol. The molecule has 0 heterocycles. The Kier molecular flexibility index (Phi) is 16.1. The number of rotatable bonds is 1. The molecule has 0 atom stereocenters. The number of hydrogen-bond acceptors (Lipinski definition) is 0. The Morgan fingerprint density at radius 3 is 1.44 bits per heavy atom. The molecule has 0 saturated carbocycles. The molecule has 0 nitrogen and oxygen atoms in total. The largest absolute Gasteiger partial charge is 1.00 e. The van der Waals surface area contributed by atoms with Gasteiger partial charge in [-0.05, 0) is 0 Å². The summed E-state index contributed by atoms with van der Waals surface area (Å²) in [5.41, 5.74) is 0.485. The molecule has 0 amide bonds. The van der Waals surface area contributed by atoms with E-state index in [9.17, 15) is 0 Å². The molecule has 0 fully saturated rings. The second-order valence-electron chi connectivity index (χ2n) is 5.02. The van der Waals surface area contributed by atoms with E-state index in [1.165, 1.54) is 12.3 Å². The molecule has 0 radical (unpaired) electrons. The molecule has 0 unspecified atom stereocenters. The van der Waals surface area contributed by atoms with Crippen molar-refractivity contribution >= 4 is 0 Å². The summed E-state index contributed by atoms with van der Waals surface area (Å²) in [6, 6.07) is 12.5. The maximum Gasteiger partial charge on any atom is 1.00 e. The molecule has 16 heavy (non-hydrogen) atoms. The van der Waals surface area contributed by atoms with Crippen molar-refractivity contribution < 1.29 is 37.7 Å². The first-order valence-electron chi connectivity index (χ1n) is 5.12. The minimum absolute atomic E-state index is 0. The van der Waals surface area contributed by atoms with Gasteiger partial charge in [0.15, 0.2) is 0 Å². The number of benzene rings is 1. The van der Waals surface area contributed by atoms with Crippen LogP contribution in [0.4, 0.5) is 0 Å². The normalized spacial score (nSPS) is 9.38. The van der Waals surface area contributed by atoms with Crippen molar-refractivity contribution in [3.05, 3.63) is 42.3 Å². The third kappa shape index (κ3) is 19.9. The molecule has 1 aromatic carbocycles.